The Bertz CT molecular complexity index is 1500. The number of aromatic nitrogens is 2. The molecule has 4 aromatic rings. The Morgan fingerprint density at radius 1 is 1.03 bits per heavy atom. The van der Waals surface area contributed by atoms with Crippen molar-refractivity contribution in [2.45, 2.75) is 39.7 Å². The lowest BCUT2D eigenvalue weighted by atomic mass is 9.86. The van der Waals surface area contributed by atoms with E-state index in [1.807, 2.05) is 55.5 Å². The molecule has 0 saturated heterocycles. The lowest BCUT2D eigenvalue weighted by molar-refractivity contribution is 0.102. The Morgan fingerprint density at radius 3 is 2.41 bits per heavy atom. The van der Waals surface area contributed by atoms with Gasteiger partial charge in [0.1, 0.15) is 0 Å². The summed E-state index contributed by atoms with van der Waals surface area (Å²) in [7, 11) is 1.67. The molecule has 7 heteroatoms. The van der Waals surface area contributed by atoms with Gasteiger partial charge in [0, 0.05) is 35.7 Å². The van der Waals surface area contributed by atoms with Gasteiger partial charge in [-0.2, -0.15) is 0 Å². The van der Waals surface area contributed by atoms with Crippen LogP contribution >= 0.6 is 0 Å². The van der Waals surface area contributed by atoms with Gasteiger partial charge < -0.3 is 20.3 Å². The smallest absolute Gasteiger partial charge is 0.293 e. The molecule has 0 aliphatic rings. The third-order valence-corrected chi connectivity index (χ3v) is 6.31. The average molecular weight is 497 g/mol. The zero-order valence-electron chi connectivity index (χ0n) is 21.8. The molecular formula is C30H32N4O3. The molecule has 0 aliphatic heterocycles. The first kappa shape index (κ1) is 25.9. The number of nitrogens with one attached hydrogen (secondary N) is 2. The number of anilines is 3. The van der Waals surface area contributed by atoms with E-state index in [0.29, 0.717) is 22.6 Å². The van der Waals surface area contributed by atoms with Crippen molar-refractivity contribution in [1.29, 1.82) is 0 Å². The van der Waals surface area contributed by atoms with Crippen molar-refractivity contribution in [2.24, 2.45) is 7.05 Å². The van der Waals surface area contributed by atoms with Crippen LogP contribution in [0, 0.1) is 6.92 Å². The average Bonchev–Trinajstić information content (AvgIpc) is 2.87. The highest BCUT2D eigenvalue weighted by Gasteiger charge is 2.16. The molecule has 1 heterocycles. The summed E-state index contributed by atoms with van der Waals surface area (Å²) in [5.41, 5.74) is 5.75. The van der Waals surface area contributed by atoms with Crippen LogP contribution in [0.3, 0.4) is 0 Å². The van der Waals surface area contributed by atoms with Crippen molar-refractivity contribution >= 4 is 23.1 Å². The highest BCUT2D eigenvalue weighted by molar-refractivity contribution is 6.05. The minimum atomic E-state index is -0.279. The summed E-state index contributed by atoms with van der Waals surface area (Å²) >= 11 is 0. The number of nitrogens with zero attached hydrogens (tertiary/aromatic N) is 2. The molecule has 4 rings (SSSR count). The zero-order chi connectivity index (χ0) is 26.7. The van der Waals surface area contributed by atoms with Crippen molar-refractivity contribution in [3.63, 3.8) is 0 Å². The maximum atomic E-state index is 13.0. The molecule has 0 bridgehead atoms. The van der Waals surface area contributed by atoms with Gasteiger partial charge in [-0.1, -0.05) is 57.2 Å². The number of amides is 1. The van der Waals surface area contributed by atoms with Crippen LogP contribution in [0.5, 0.6) is 0 Å². The van der Waals surface area contributed by atoms with Crippen LogP contribution in [0.1, 0.15) is 47.8 Å². The van der Waals surface area contributed by atoms with E-state index in [9.17, 15) is 14.7 Å². The van der Waals surface area contributed by atoms with Gasteiger partial charge >= 0.3 is 0 Å². The number of benzene rings is 3. The van der Waals surface area contributed by atoms with E-state index in [0.717, 1.165) is 22.3 Å². The minimum absolute atomic E-state index is 0.0120. The lowest BCUT2D eigenvalue weighted by Gasteiger charge is -2.19. The molecule has 0 unspecified atom stereocenters. The summed E-state index contributed by atoms with van der Waals surface area (Å²) < 4.78 is 1.47. The summed E-state index contributed by atoms with van der Waals surface area (Å²) in [5, 5.41) is 15.5. The van der Waals surface area contributed by atoms with Gasteiger partial charge in [-0.25, -0.2) is 4.98 Å². The van der Waals surface area contributed by atoms with Gasteiger partial charge in [-0.05, 0) is 59.4 Å². The van der Waals surface area contributed by atoms with Crippen molar-refractivity contribution < 1.29 is 9.90 Å². The maximum absolute atomic E-state index is 13.0. The van der Waals surface area contributed by atoms with Crippen molar-refractivity contribution in [3.05, 3.63) is 106 Å². The first-order valence-electron chi connectivity index (χ1n) is 12.1. The summed E-state index contributed by atoms with van der Waals surface area (Å²) in [5.74, 6) is -0.0249. The van der Waals surface area contributed by atoms with Crippen molar-refractivity contribution in [3.8, 4) is 11.3 Å². The molecule has 190 valence electrons. The van der Waals surface area contributed by atoms with Gasteiger partial charge in [0.05, 0.1) is 12.3 Å². The van der Waals surface area contributed by atoms with Gasteiger partial charge in [-0.15, -0.1) is 0 Å². The molecule has 0 fully saturated rings. The van der Waals surface area contributed by atoms with E-state index < -0.39 is 0 Å². The van der Waals surface area contributed by atoms with Crippen LogP contribution in [0.2, 0.25) is 0 Å². The molecule has 1 aromatic heterocycles. The number of carbonyl (C=O) groups excluding carboxylic acids is 1. The maximum Gasteiger partial charge on any atom is 0.293 e. The van der Waals surface area contributed by atoms with E-state index >= 15 is 0 Å². The van der Waals surface area contributed by atoms with E-state index in [-0.39, 0.29) is 29.3 Å². The largest absolute Gasteiger partial charge is 0.392 e. The quantitative estimate of drug-likeness (QED) is 0.326. The third kappa shape index (κ3) is 5.78. The Hall–Kier alpha value is -4.23. The van der Waals surface area contributed by atoms with Crippen LogP contribution in [-0.2, 0) is 19.1 Å². The van der Waals surface area contributed by atoms with Gasteiger partial charge in [0.2, 0.25) is 0 Å². The number of hydrogen-bond acceptors (Lipinski definition) is 5. The molecule has 0 saturated carbocycles. The highest BCUT2D eigenvalue weighted by atomic mass is 16.3. The molecule has 37 heavy (non-hydrogen) atoms. The Balaban J connectivity index is 1.63. The molecular weight excluding hydrogens is 464 g/mol. The second kappa shape index (κ2) is 10.4. The SMILES string of the molecule is Cc1c(NC(=O)c2ccc(C(C)(C)C)cc2)cccc1-c1cn(C)c(=O)c(Nc2cccc(CO)c2)n1. The first-order valence-corrected chi connectivity index (χ1v) is 12.1. The molecule has 0 atom stereocenters. The van der Waals surface area contributed by atoms with E-state index in [1.54, 1.807) is 31.4 Å². The van der Waals surface area contributed by atoms with Crippen LogP contribution in [-0.4, -0.2) is 20.6 Å². The lowest BCUT2D eigenvalue weighted by Crippen LogP contribution is -2.21. The number of rotatable bonds is 6. The second-order valence-electron chi connectivity index (χ2n) is 10.1. The molecule has 3 aromatic carbocycles. The third-order valence-electron chi connectivity index (χ3n) is 6.31. The number of aliphatic hydroxyl groups is 1. The predicted molar refractivity (Wildman–Crippen MR) is 148 cm³/mol. The minimum Gasteiger partial charge on any atom is -0.392 e. The summed E-state index contributed by atoms with van der Waals surface area (Å²) in [4.78, 5) is 30.4. The number of hydrogen-bond donors (Lipinski definition) is 3. The second-order valence-corrected chi connectivity index (χ2v) is 10.1. The molecule has 0 aliphatic carbocycles. The summed E-state index contributed by atoms with van der Waals surface area (Å²) in [6.07, 6.45) is 1.68. The number of aryl methyl sites for hydroxylation is 1. The fraction of sp³-hybridized carbons (Fsp3) is 0.233. The standard InChI is InChI=1S/C30H32N4O3/c1-19-24(10-7-11-25(19)33-28(36)21-12-14-22(15-13-21)30(2,3)4)26-17-34(5)29(37)27(32-26)31-23-9-6-8-20(16-23)18-35/h6-17,35H,18H2,1-5H3,(H,31,32)(H,33,36). The van der Waals surface area contributed by atoms with Crippen molar-refractivity contribution in [2.75, 3.05) is 10.6 Å². The van der Waals surface area contributed by atoms with E-state index in [4.69, 9.17) is 0 Å². The fourth-order valence-corrected chi connectivity index (χ4v) is 4.07. The Labute approximate surface area is 216 Å². The topological polar surface area (TPSA) is 96.2 Å². The summed E-state index contributed by atoms with van der Waals surface area (Å²) in [6, 6.07) is 20.4. The van der Waals surface area contributed by atoms with Crippen LogP contribution < -0.4 is 16.2 Å². The predicted octanol–water partition coefficient (Wildman–Crippen LogP) is 5.54. The summed E-state index contributed by atoms with van der Waals surface area (Å²) in [6.45, 7) is 8.23. The van der Waals surface area contributed by atoms with Crippen LogP contribution in [0.4, 0.5) is 17.2 Å². The Kier molecular flexibility index (Phi) is 7.27. The molecule has 1 amide bonds. The van der Waals surface area contributed by atoms with Gasteiger partial charge in [0.25, 0.3) is 11.5 Å². The van der Waals surface area contributed by atoms with Gasteiger partial charge in [-0.3, -0.25) is 9.59 Å². The molecule has 7 nitrogen and oxygen atoms in total. The van der Waals surface area contributed by atoms with Crippen molar-refractivity contribution in [1.82, 2.24) is 9.55 Å². The highest BCUT2D eigenvalue weighted by Crippen LogP contribution is 2.29. The normalized spacial score (nSPS) is 11.3. The monoisotopic (exact) mass is 496 g/mol. The van der Waals surface area contributed by atoms with E-state index in [2.05, 4.69) is 36.4 Å². The van der Waals surface area contributed by atoms with Gasteiger partial charge in [0.15, 0.2) is 5.82 Å². The first-order chi connectivity index (χ1) is 17.6. The number of aliphatic hydroxyl groups excluding tert-OH is 1. The Morgan fingerprint density at radius 2 is 1.73 bits per heavy atom. The molecule has 0 radical (unpaired) electrons. The van der Waals surface area contributed by atoms with Crippen LogP contribution in [0.15, 0.2) is 77.7 Å². The fourth-order valence-electron chi connectivity index (χ4n) is 4.07. The molecule has 3 N–H and O–H groups in total. The zero-order valence-corrected chi connectivity index (χ0v) is 21.8. The molecule has 0 spiro atoms. The van der Waals surface area contributed by atoms with Crippen LogP contribution in [0.25, 0.3) is 11.3 Å². The van der Waals surface area contributed by atoms with E-state index in [1.165, 1.54) is 4.57 Å². The number of carbonyl (C=O) groups is 1.